The smallest absolute Gasteiger partial charge is 0.413 e. The van der Waals surface area contributed by atoms with Crippen LogP contribution in [0.15, 0.2) is 0 Å². The predicted molar refractivity (Wildman–Crippen MR) is 126 cm³/mol. The standard InChI is InChI=1S/C23H46FN3O6/c1-7-26(8-2)13-14-27(21(24)29)22(30)32-15-10-9-12-25-20(28)17-31-16-11-19(3)33-18-23(4,5)6/h19,21,29H,7-18H2,1-6H3,(H,25,28). The van der Waals surface area contributed by atoms with Gasteiger partial charge in [0.25, 0.3) is 6.48 Å². The molecule has 0 radical (unpaired) electrons. The summed E-state index contributed by atoms with van der Waals surface area (Å²) in [4.78, 5) is 26.5. The zero-order valence-corrected chi connectivity index (χ0v) is 21.4. The molecule has 0 aromatic heterocycles. The number of halogens is 1. The molecule has 0 aliphatic rings. The number of amides is 2. The number of hydrogen-bond acceptors (Lipinski definition) is 7. The molecule has 0 heterocycles. The van der Waals surface area contributed by atoms with Gasteiger partial charge in [-0.25, -0.2) is 4.79 Å². The first kappa shape index (κ1) is 31.5. The van der Waals surface area contributed by atoms with E-state index in [2.05, 4.69) is 26.1 Å². The lowest BCUT2D eigenvalue weighted by atomic mass is 9.98. The van der Waals surface area contributed by atoms with Crippen molar-refractivity contribution in [1.29, 1.82) is 0 Å². The largest absolute Gasteiger partial charge is 0.449 e. The van der Waals surface area contributed by atoms with Crippen LogP contribution in [-0.2, 0) is 19.0 Å². The summed E-state index contributed by atoms with van der Waals surface area (Å²) in [5, 5.41) is 11.9. The second kappa shape index (κ2) is 17.9. The summed E-state index contributed by atoms with van der Waals surface area (Å²) in [7, 11) is 0. The lowest BCUT2D eigenvalue weighted by Gasteiger charge is -2.25. The summed E-state index contributed by atoms with van der Waals surface area (Å²) in [5.41, 5.74) is 0.118. The van der Waals surface area contributed by atoms with Crippen molar-refractivity contribution in [2.45, 2.75) is 73.4 Å². The highest BCUT2D eigenvalue weighted by Gasteiger charge is 2.22. The average molecular weight is 480 g/mol. The normalized spacial score (nSPS) is 13.6. The third-order valence-corrected chi connectivity index (χ3v) is 4.86. The van der Waals surface area contributed by atoms with Gasteiger partial charge in [-0.15, -0.1) is 0 Å². The van der Waals surface area contributed by atoms with E-state index < -0.39 is 12.6 Å². The van der Waals surface area contributed by atoms with E-state index in [0.717, 1.165) is 13.1 Å². The zero-order chi connectivity index (χ0) is 25.3. The van der Waals surface area contributed by atoms with E-state index in [0.29, 0.717) is 50.5 Å². The van der Waals surface area contributed by atoms with E-state index in [1.807, 2.05) is 25.7 Å². The zero-order valence-electron chi connectivity index (χ0n) is 21.4. The molecule has 0 aliphatic heterocycles. The van der Waals surface area contributed by atoms with Crippen LogP contribution in [0, 0.1) is 5.41 Å². The molecule has 0 aromatic carbocycles. The second-order valence-corrected chi connectivity index (χ2v) is 9.23. The molecule has 2 atom stereocenters. The van der Waals surface area contributed by atoms with Crippen molar-refractivity contribution < 1.29 is 33.3 Å². The molecule has 0 bridgehead atoms. The third-order valence-electron chi connectivity index (χ3n) is 4.86. The summed E-state index contributed by atoms with van der Waals surface area (Å²) in [6.07, 6.45) is 0.988. The fourth-order valence-corrected chi connectivity index (χ4v) is 2.71. The van der Waals surface area contributed by atoms with Crippen molar-refractivity contribution in [2.24, 2.45) is 5.41 Å². The van der Waals surface area contributed by atoms with Gasteiger partial charge in [-0.05, 0) is 44.7 Å². The number of nitrogens with zero attached hydrogens (tertiary/aromatic N) is 2. The lowest BCUT2D eigenvalue weighted by molar-refractivity contribution is -0.126. The van der Waals surface area contributed by atoms with Crippen LogP contribution < -0.4 is 5.32 Å². The Labute approximate surface area is 198 Å². The van der Waals surface area contributed by atoms with E-state index in [1.165, 1.54) is 0 Å². The van der Waals surface area contributed by atoms with Crippen LogP contribution in [0.3, 0.4) is 0 Å². The monoisotopic (exact) mass is 479 g/mol. The minimum Gasteiger partial charge on any atom is -0.449 e. The number of carbonyl (C=O) groups excluding carboxylic acids is 2. The van der Waals surface area contributed by atoms with Crippen molar-refractivity contribution in [3.05, 3.63) is 0 Å². The van der Waals surface area contributed by atoms with Gasteiger partial charge >= 0.3 is 6.09 Å². The van der Waals surface area contributed by atoms with Gasteiger partial charge in [0.2, 0.25) is 5.91 Å². The van der Waals surface area contributed by atoms with Crippen LogP contribution >= 0.6 is 0 Å². The Bertz CT molecular complexity index is 527. The van der Waals surface area contributed by atoms with Gasteiger partial charge in [0.1, 0.15) is 6.61 Å². The number of rotatable bonds is 18. The van der Waals surface area contributed by atoms with Crippen LogP contribution in [0.2, 0.25) is 0 Å². The van der Waals surface area contributed by atoms with Gasteiger partial charge in [-0.3, -0.25) is 9.69 Å². The SMILES string of the molecule is CCN(CC)CCN(C(=O)OCCCCNC(=O)COCCC(C)OCC(C)(C)C)C(O)F. The topological polar surface area (TPSA) is 101 Å². The van der Waals surface area contributed by atoms with Gasteiger partial charge in [0.05, 0.1) is 19.3 Å². The van der Waals surface area contributed by atoms with Crippen molar-refractivity contribution in [1.82, 2.24) is 15.1 Å². The molecule has 10 heteroatoms. The van der Waals surface area contributed by atoms with E-state index in [9.17, 15) is 19.1 Å². The molecule has 0 aromatic rings. The molecule has 0 spiro atoms. The molecular formula is C23H46FN3O6. The third kappa shape index (κ3) is 17.6. The number of ether oxygens (including phenoxy) is 3. The van der Waals surface area contributed by atoms with Crippen molar-refractivity contribution >= 4 is 12.0 Å². The van der Waals surface area contributed by atoms with E-state index in [4.69, 9.17) is 14.2 Å². The van der Waals surface area contributed by atoms with E-state index in [1.54, 1.807) is 0 Å². The fraction of sp³-hybridized carbons (Fsp3) is 0.913. The Kier molecular flexibility index (Phi) is 17.1. The first-order chi connectivity index (χ1) is 15.5. The molecule has 0 saturated heterocycles. The minimum atomic E-state index is -2.40. The maximum Gasteiger partial charge on any atom is 0.413 e. The summed E-state index contributed by atoms with van der Waals surface area (Å²) in [6, 6.07) is 0. The summed E-state index contributed by atoms with van der Waals surface area (Å²) in [6.45, 7) is 13.5. The number of nitrogens with one attached hydrogen (secondary N) is 1. The quantitative estimate of drug-likeness (QED) is 0.177. The average Bonchev–Trinajstić information content (AvgIpc) is 2.74. The van der Waals surface area contributed by atoms with Crippen LogP contribution in [0.5, 0.6) is 0 Å². The molecule has 0 aliphatic carbocycles. The Balaban J connectivity index is 3.85. The summed E-state index contributed by atoms with van der Waals surface area (Å²) in [5.74, 6) is -0.210. The maximum absolute atomic E-state index is 13.3. The Hall–Kier alpha value is -1.49. The molecule has 2 unspecified atom stereocenters. The van der Waals surface area contributed by atoms with Crippen LogP contribution in [0.4, 0.5) is 9.18 Å². The molecule has 0 fully saturated rings. The van der Waals surface area contributed by atoms with Crippen LogP contribution in [0.25, 0.3) is 0 Å². The Morgan fingerprint density at radius 2 is 1.76 bits per heavy atom. The molecule has 2 N–H and O–H groups in total. The molecule has 0 saturated carbocycles. The second-order valence-electron chi connectivity index (χ2n) is 9.23. The first-order valence-corrected chi connectivity index (χ1v) is 11.9. The van der Waals surface area contributed by atoms with Gasteiger partial charge in [-0.1, -0.05) is 34.6 Å². The number of likely N-dealkylation sites (N-methyl/N-ethyl adjacent to an activating group) is 1. The lowest BCUT2D eigenvalue weighted by Crippen LogP contribution is -2.43. The molecule has 196 valence electrons. The van der Waals surface area contributed by atoms with Gasteiger partial charge in [-0.2, -0.15) is 4.39 Å². The molecular weight excluding hydrogens is 433 g/mol. The van der Waals surface area contributed by atoms with Crippen molar-refractivity contribution in [3.8, 4) is 0 Å². The van der Waals surface area contributed by atoms with Crippen molar-refractivity contribution in [3.63, 3.8) is 0 Å². The first-order valence-electron chi connectivity index (χ1n) is 11.9. The summed E-state index contributed by atoms with van der Waals surface area (Å²) < 4.78 is 29.5. The molecule has 2 amide bonds. The number of unbranched alkanes of at least 4 members (excludes halogenated alkanes) is 1. The molecule has 33 heavy (non-hydrogen) atoms. The highest BCUT2D eigenvalue weighted by atomic mass is 19.1. The number of hydrogen-bond donors (Lipinski definition) is 2. The number of carbonyl (C=O) groups is 2. The highest BCUT2D eigenvalue weighted by Crippen LogP contribution is 2.14. The predicted octanol–water partition coefficient (Wildman–Crippen LogP) is 2.77. The molecule has 0 rings (SSSR count). The van der Waals surface area contributed by atoms with Gasteiger partial charge < -0.3 is 29.5 Å². The number of aliphatic hydroxyl groups is 1. The van der Waals surface area contributed by atoms with Gasteiger partial charge in [0, 0.05) is 26.2 Å². The van der Waals surface area contributed by atoms with Crippen LogP contribution in [-0.4, -0.2) is 98.6 Å². The highest BCUT2D eigenvalue weighted by molar-refractivity contribution is 5.77. The van der Waals surface area contributed by atoms with Gasteiger partial charge in [0.15, 0.2) is 0 Å². The maximum atomic E-state index is 13.3. The Morgan fingerprint density at radius 1 is 1.09 bits per heavy atom. The van der Waals surface area contributed by atoms with E-state index >= 15 is 0 Å². The van der Waals surface area contributed by atoms with Crippen molar-refractivity contribution in [2.75, 3.05) is 59.2 Å². The minimum absolute atomic E-state index is 0.0170. The van der Waals surface area contributed by atoms with E-state index in [-0.39, 0.29) is 37.2 Å². The molecule has 9 nitrogen and oxygen atoms in total. The summed E-state index contributed by atoms with van der Waals surface area (Å²) >= 11 is 0. The fourth-order valence-electron chi connectivity index (χ4n) is 2.71. The van der Waals surface area contributed by atoms with Crippen LogP contribution in [0.1, 0.15) is 60.8 Å². The Morgan fingerprint density at radius 3 is 2.33 bits per heavy atom. The number of alkyl halides is 1. The number of aliphatic hydroxyl groups excluding tert-OH is 1.